The van der Waals surface area contributed by atoms with Gasteiger partial charge in [-0.25, -0.2) is 9.69 Å². The van der Waals surface area contributed by atoms with Crippen molar-refractivity contribution in [1.29, 1.82) is 0 Å². The van der Waals surface area contributed by atoms with Crippen molar-refractivity contribution >= 4 is 52.8 Å². The molecule has 0 aromatic heterocycles. The van der Waals surface area contributed by atoms with Gasteiger partial charge in [0.2, 0.25) is 0 Å². The van der Waals surface area contributed by atoms with Gasteiger partial charge in [-0.2, -0.15) is 0 Å². The number of para-hydroxylation sites is 1. The second kappa shape index (κ2) is 11.8. The molecule has 39 heavy (non-hydrogen) atoms. The number of ether oxygens (including phenoxy) is 2. The Morgan fingerprint density at radius 3 is 2.49 bits per heavy atom. The number of nitrogens with one attached hydrogen (secondary N) is 2. The molecule has 3 aromatic rings. The van der Waals surface area contributed by atoms with Gasteiger partial charge in [0.25, 0.3) is 17.7 Å². The molecule has 1 heterocycles. The molecule has 0 spiro atoms. The predicted octanol–water partition coefficient (Wildman–Crippen LogP) is 5.04. The van der Waals surface area contributed by atoms with Crippen LogP contribution >= 0.6 is 11.6 Å². The molecule has 0 unspecified atom stereocenters. The van der Waals surface area contributed by atoms with Crippen LogP contribution in [-0.2, 0) is 14.4 Å². The first kappa shape index (κ1) is 27.4. The number of benzene rings is 3. The topological polar surface area (TPSA) is 114 Å². The number of rotatable bonds is 8. The molecule has 1 saturated heterocycles. The van der Waals surface area contributed by atoms with Gasteiger partial charge in [-0.15, -0.1) is 0 Å². The number of carbonyl (C=O) groups excluding carboxylic acids is 4. The number of aryl methyl sites for hydroxylation is 1. The summed E-state index contributed by atoms with van der Waals surface area (Å²) in [5, 5.41) is 5.10. The largest absolute Gasteiger partial charge is 0.490 e. The van der Waals surface area contributed by atoms with Crippen molar-refractivity contribution in [3.05, 3.63) is 87.9 Å². The summed E-state index contributed by atoms with van der Waals surface area (Å²) in [6, 6.07) is 16.0. The van der Waals surface area contributed by atoms with Crippen LogP contribution in [0.25, 0.3) is 6.08 Å². The lowest BCUT2D eigenvalue weighted by atomic mass is 10.1. The average Bonchev–Trinajstić information content (AvgIpc) is 2.89. The number of nitrogens with zero attached hydrogens (tertiary/aromatic N) is 1. The number of urea groups is 1. The highest BCUT2D eigenvalue weighted by Gasteiger charge is 2.36. The van der Waals surface area contributed by atoms with Crippen LogP contribution < -0.4 is 25.0 Å². The molecular formula is C29H26ClN3O6. The second-order valence-electron chi connectivity index (χ2n) is 8.64. The molecule has 0 atom stereocenters. The van der Waals surface area contributed by atoms with Crippen LogP contribution in [-0.4, -0.2) is 37.0 Å². The van der Waals surface area contributed by atoms with Crippen molar-refractivity contribution in [2.45, 2.75) is 20.8 Å². The van der Waals surface area contributed by atoms with E-state index in [1.807, 2.05) is 26.0 Å². The van der Waals surface area contributed by atoms with Gasteiger partial charge in [0.1, 0.15) is 5.57 Å². The van der Waals surface area contributed by atoms with E-state index in [2.05, 4.69) is 10.6 Å². The smallest absolute Gasteiger partial charge is 0.335 e. The summed E-state index contributed by atoms with van der Waals surface area (Å²) in [5.74, 6) is -1.65. The maximum atomic E-state index is 13.1. The molecule has 0 aliphatic carbocycles. The van der Waals surface area contributed by atoms with E-state index >= 15 is 0 Å². The normalized spacial score (nSPS) is 14.3. The molecule has 0 radical (unpaired) electrons. The highest BCUT2D eigenvalue weighted by Crippen LogP contribution is 2.37. The van der Waals surface area contributed by atoms with Crippen molar-refractivity contribution < 1.29 is 28.7 Å². The second-order valence-corrected chi connectivity index (χ2v) is 9.05. The molecular weight excluding hydrogens is 522 g/mol. The number of anilines is 2. The fourth-order valence-electron chi connectivity index (χ4n) is 3.92. The van der Waals surface area contributed by atoms with Crippen molar-refractivity contribution in [3.63, 3.8) is 0 Å². The van der Waals surface area contributed by atoms with E-state index in [1.165, 1.54) is 18.2 Å². The number of amides is 5. The van der Waals surface area contributed by atoms with Crippen LogP contribution in [0.2, 0.25) is 5.02 Å². The summed E-state index contributed by atoms with van der Waals surface area (Å²) in [7, 11) is 0. The zero-order valence-electron chi connectivity index (χ0n) is 21.5. The molecule has 1 aliphatic heterocycles. The van der Waals surface area contributed by atoms with E-state index in [-0.39, 0.29) is 41.2 Å². The number of imide groups is 2. The fourth-order valence-corrected chi connectivity index (χ4v) is 4.19. The van der Waals surface area contributed by atoms with Crippen LogP contribution in [0.3, 0.4) is 0 Å². The van der Waals surface area contributed by atoms with Gasteiger partial charge in [0.05, 0.1) is 17.3 Å². The molecule has 1 aliphatic rings. The Balaban J connectivity index is 1.58. The molecule has 4 rings (SSSR count). The molecule has 200 valence electrons. The molecule has 9 nitrogen and oxygen atoms in total. The van der Waals surface area contributed by atoms with E-state index in [4.69, 9.17) is 21.1 Å². The third-order valence-corrected chi connectivity index (χ3v) is 6.27. The Morgan fingerprint density at radius 2 is 1.77 bits per heavy atom. The van der Waals surface area contributed by atoms with E-state index in [9.17, 15) is 19.2 Å². The number of hydrogen-bond donors (Lipinski definition) is 2. The van der Waals surface area contributed by atoms with Crippen molar-refractivity contribution in [2.24, 2.45) is 0 Å². The summed E-state index contributed by atoms with van der Waals surface area (Å²) < 4.78 is 11.4. The molecule has 3 aromatic carbocycles. The van der Waals surface area contributed by atoms with Crippen LogP contribution in [0.15, 0.2) is 66.2 Å². The number of halogens is 1. The zero-order chi connectivity index (χ0) is 28.1. The SMILES string of the molecule is CCOc1cc(/C=C2/C(=O)NC(=O)N(c3ccccc3)C2=O)cc(Cl)c1OCC(=O)Nc1cccc(C)c1C. The zero-order valence-corrected chi connectivity index (χ0v) is 22.3. The van der Waals surface area contributed by atoms with Gasteiger partial charge in [0.15, 0.2) is 18.1 Å². The highest BCUT2D eigenvalue weighted by atomic mass is 35.5. The van der Waals surface area contributed by atoms with Crippen LogP contribution in [0, 0.1) is 13.8 Å². The van der Waals surface area contributed by atoms with Crippen molar-refractivity contribution in [2.75, 3.05) is 23.4 Å². The van der Waals surface area contributed by atoms with Gasteiger partial charge in [-0.3, -0.25) is 19.7 Å². The average molecular weight is 548 g/mol. The van der Waals surface area contributed by atoms with Gasteiger partial charge in [-0.05, 0) is 73.9 Å². The number of carbonyl (C=O) groups is 4. The van der Waals surface area contributed by atoms with Gasteiger partial charge in [-0.1, -0.05) is 41.9 Å². The first-order valence-corrected chi connectivity index (χ1v) is 12.5. The van der Waals surface area contributed by atoms with Gasteiger partial charge >= 0.3 is 6.03 Å². The highest BCUT2D eigenvalue weighted by molar-refractivity contribution is 6.39. The molecule has 5 amide bonds. The van der Waals surface area contributed by atoms with E-state index in [1.54, 1.807) is 43.3 Å². The van der Waals surface area contributed by atoms with Crippen molar-refractivity contribution in [1.82, 2.24) is 5.32 Å². The van der Waals surface area contributed by atoms with Crippen LogP contribution in [0.4, 0.5) is 16.2 Å². The Kier molecular flexibility index (Phi) is 8.31. The maximum absolute atomic E-state index is 13.1. The monoisotopic (exact) mass is 547 g/mol. The van der Waals surface area contributed by atoms with E-state index in [0.29, 0.717) is 16.9 Å². The Labute approximate surface area is 230 Å². The standard InChI is InChI=1S/C29H26ClN3O6/c1-4-38-24-15-19(13-21-27(35)32-29(37)33(28(21)36)20-10-6-5-7-11-20)14-22(30)26(24)39-16-25(34)31-23-12-8-9-17(2)18(23)3/h5-15H,4,16H2,1-3H3,(H,31,34)(H,32,35,37)/b21-13-. The minimum absolute atomic E-state index is 0.104. The number of hydrogen-bond acceptors (Lipinski definition) is 6. The predicted molar refractivity (Wildman–Crippen MR) is 148 cm³/mol. The maximum Gasteiger partial charge on any atom is 0.335 e. The van der Waals surface area contributed by atoms with Gasteiger partial charge in [0, 0.05) is 5.69 Å². The Bertz CT molecular complexity index is 1490. The Morgan fingerprint density at radius 1 is 1.03 bits per heavy atom. The molecule has 2 N–H and O–H groups in total. The summed E-state index contributed by atoms with van der Waals surface area (Å²) in [6.07, 6.45) is 1.31. The third kappa shape index (κ3) is 6.10. The Hall–Kier alpha value is -4.63. The summed E-state index contributed by atoms with van der Waals surface area (Å²) in [5.41, 5.74) is 3.08. The quantitative estimate of drug-likeness (QED) is 0.302. The third-order valence-electron chi connectivity index (χ3n) is 5.99. The first-order valence-electron chi connectivity index (χ1n) is 12.1. The van der Waals surface area contributed by atoms with E-state index < -0.39 is 17.8 Å². The molecule has 10 heteroatoms. The molecule has 0 bridgehead atoms. The van der Waals surface area contributed by atoms with Crippen molar-refractivity contribution in [3.8, 4) is 11.5 Å². The lowest BCUT2D eigenvalue weighted by Gasteiger charge is -2.26. The van der Waals surface area contributed by atoms with Crippen LogP contribution in [0.5, 0.6) is 11.5 Å². The summed E-state index contributed by atoms with van der Waals surface area (Å²) >= 11 is 6.48. The lowest BCUT2D eigenvalue weighted by molar-refractivity contribution is -0.122. The van der Waals surface area contributed by atoms with E-state index in [0.717, 1.165) is 16.0 Å². The lowest BCUT2D eigenvalue weighted by Crippen LogP contribution is -2.54. The summed E-state index contributed by atoms with van der Waals surface area (Å²) in [4.78, 5) is 51.5. The van der Waals surface area contributed by atoms with Crippen LogP contribution in [0.1, 0.15) is 23.6 Å². The minimum Gasteiger partial charge on any atom is -0.490 e. The molecule has 0 saturated carbocycles. The minimum atomic E-state index is -0.843. The first-order chi connectivity index (χ1) is 18.7. The number of barbiturate groups is 1. The fraction of sp³-hybridized carbons (Fsp3) is 0.172. The van der Waals surface area contributed by atoms with Gasteiger partial charge < -0.3 is 14.8 Å². The summed E-state index contributed by atoms with van der Waals surface area (Å²) in [6.45, 7) is 5.56. The molecule has 1 fully saturated rings.